The molecule has 3 aromatic rings. The Labute approximate surface area is 448 Å². The second-order valence-corrected chi connectivity index (χ2v) is 18.7. The molecule has 9 atom stereocenters. The van der Waals surface area contributed by atoms with Gasteiger partial charge in [0.05, 0.1) is 73.2 Å². The van der Waals surface area contributed by atoms with Crippen LogP contribution in [0.5, 0.6) is 34.5 Å². The molecule has 0 bridgehead atoms. The molecule has 0 saturated carbocycles. The predicted octanol–water partition coefficient (Wildman–Crippen LogP) is 9.09. The number of methoxy groups -OCH3 is 6. The lowest BCUT2D eigenvalue weighted by atomic mass is 9.79. The van der Waals surface area contributed by atoms with Crippen LogP contribution in [-0.2, 0) is 19.3 Å². The highest BCUT2D eigenvalue weighted by molar-refractivity contribution is 5.52. The molecular formula is C57H87N3O9. The van der Waals surface area contributed by atoms with Crippen molar-refractivity contribution in [1.82, 2.24) is 14.7 Å². The van der Waals surface area contributed by atoms with Crippen molar-refractivity contribution in [1.29, 1.82) is 0 Å². The Bertz CT molecular complexity index is 3170. The van der Waals surface area contributed by atoms with E-state index in [0.29, 0.717) is 41.0 Å². The average Bonchev–Trinajstić information content (AvgIpc) is 0.678. The monoisotopic (exact) mass is 982 g/mol. The van der Waals surface area contributed by atoms with Crippen molar-refractivity contribution in [3.05, 3.63) is 69.8 Å². The Morgan fingerprint density at radius 2 is 0.739 bits per heavy atom. The number of piperidine rings is 3. The summed E-state index contributed by atoms with van der Waals surface area (Å²) in [6, 6.07) is 0.983. The second-order valence-electron chi connectivity index (χ2n) is 18.7. The summed E-state index contributed by atoms with van der Waals surface area (Å²) in [6.45, 7) is 1.93. The lowest BCUT2D eigenvalue weighted by molar-refractivity contribution is -0.0192. The molecule has 3 saturated heterocycles. The third kappa shape index (κ3) is 12.1. The fourth-order valence-corrected chi connectivity index (χ4v) is 9.04. The first-order valence-corrected chi connectivity index (χ1v) is 23.5. The smallest absolute Gasteiger partial charge is 0.161 e. The van der Waals surface area contributed by atoms with Crippen LogP contribution >= 0.6 is 0 Å². The molecule has 9 rings (SSSR count). The molecule has 6 heterocycles. The fourth-order valence-electron chi connectivity index (χ4n) is 9.04. The summed E-state index contributed by atoms with van der Waals surface area (Å²) in [5.41, 5.74) is 1.51. The van der Waals surface area contributed by atoms with Crippen molar-refractivity contribution in [2.24, 2.45) is 35.4 Å². The van der Waals surface area contributed by atoms with Crippen LogP contribution in [0, 0.1) is 35.4 Å². The summed E-state index contributed by atoms with van der Waals surface area (Å²) in [6.07, 6.45) is -19.0. The number of benzene rings is 3. The molecule has 12 heteroatoms. The SMILES string of the molecule is [2H]C([2H])([2H])Oc1cc2c(cc1OC)CCN1C([2H])([2H])C([2H])(CC(C)C)C([2H])(O)C([2H])([2H])C21[2H].[2H]C1([2H])N2CCc3cc(OC)c(OC)cc3C2([2H])C([2H])([2H])C([2H])(O)C1([2H])CC(C)C.[2H]C1([2H])N2CCc3cc(OC)c(OC)cc3C2([2H])C([2H])([2H])C([2H])(O)C1([2H])CC(C)C. The van der Waals surface area contributed by atoms with Crippen LogP contribution in [0.2, 0.25) is 0 Å². The molecule has 384 valence electrons. The zero-order valence-corrected chi connectivity index (χ0v) is 41.7. The zero-order chi connectivity index (χ0) is 71.2. The average molecular weight is 982 g/mol. The van der Waals surface area contributed by atoms with Crippen molar-refractivity contribution in [3.63, 3.8) is 0 Å². The third-order valence-corrected chi connectivity index (χ3v) is 12.3. The number of hydrogen-bond donors (Lipinski definition) is 3. The van der Waals surface area contributed by atoms with Gasteiger partial charge in [0.15, 0.2) is 34.5 Å². The number of rotatable bonds is 12. The van der Waals surface area contributed by atoms with Crippen LogP contribution in [0.15, 0.2) is 36.4 Å². The van der Waals surface area contributed by atoms with Gasteiger partial charge in [-0.2, -0.15) is 0 Å². The lowest BCUT2D eigenvalue weighted by Crippen LogP contribution is -2.48. The maximum absolute atomic E-state index is 11.2. The Morgan fingerprint density at radius 3 is 0.986 bits per heavy atom. The highest BCUT2D eigenvalue weighted by Crippen LogP contribution is 2.47. The van der Waals surface area contributed by atoms with E-state index >= 15 is 0 Å². The highest BCUT2D eigenvalue weighted by atomic mass is 16.5. The summed E-state index contributed by atoms with van der Waals surface area (Å²) < 4.78 is 238. The molecule has 0 spiro atoms. The molecular weight excluding hydrogens is 871 g/mol. The van der Waals surface area contributed by atoms with Crippen molar-refractivity contribution >= 4 is 0 Å². The van der Waals surface area contributed by atoms with Gasteiger partial charge in [0.1, 0.15) is 0 Å². The molecule has 0 aromatic heterocycles. The quantitative estimate of drug-likeness (QED) is 0.160. The van der Waals surface area contributed by atoms with Crippen molar-refractivity contribution in [2.45, 2.75) is 135 Å². The van der Waals surface area contributed by atoms with Gasteiger partial charge in [-0.15, -0.1) is 0 Å². The van der Waals surface area contributed by atoms with Crippen molar-refractivity contribution in [3.8, 4) is 34.5 Å². The normalized spacial score (nSPS) is 46.7. The first kappa shape index (κ1) is 29.7. The van der Waals surface area contributed by atoms with Gasteiger partial charge in [-0.3, -0.25) is 14.7 Å². The van der Waals surface area contributed by atoms with Gasteiger partial charge in [0, 0.05) is 77.7 Å². The van der Waals surface area contributed by atoms with Gasteiger partial charge in [-0.1, -0.05) is 41.5 Å². The minimum atomic E-state index is -3.33. The maximum Gasteiger partial charge on any atom is 0.161 e. The molecule has 6 aliphatic heterocycles. The molecule has 9 unspecified atom stereocenters. The van der Waals surface area contributed by atoms with Crippen molar-refractivity contribution in [2.75, 3.05) is 81.7 Å². The van der Waals surface area contributed by atoms with Crippen LogP contribution in [0.25, 0.3) is 0 Å². The fraction of sp³-hybridized carbons (Fsp3) is 0.684. The highest BCUT2D eigenvalue weighted by Gasteiger charge is 2.41. The molecule has 3 N–H and O–H groups in total. The second kappa shape index (κ2) is 23.6. The topological polar surface area (TPSA) is 126 Å². The first-order chi connectivity index (χ1) is 42.0. The van der Waals surface area contributed by atoms with Gasteiger partial charge in [0.25, 0.3) is 0 Å². The molecule has 3 aromatic carbocycles. The summed E-state index contributed by atoms with van der Waals surface area (Å²) in [4.78, 5) is 2.85. The third-order valence-electron chi connectivity index (χ3n) is 12.3. The van der Waals surface area contributed by atoms with Crippen LogP contribution < -0.4 is 28.4 Å². The number of aliphatic hydroxyl groups is 3. The van der Waals surface area contributed by atoms with E-state index in [-0.39, 0.29) is 103 Å². The van der Waals surface area contributed by atoms with Gasteiger partial charge < -0.3 is 43.7 Å². The Morgan fingerprint density at radius 1 is 0.478 bits per heavy atom. The standard InChI is InChI=1S/3C19H29NO3/c3*1-12(2)7-14-11-20-6-5-13-8-18(22-3)19(23-4)9-15(13)16(20)10-17(14)21/h3*8-9,12,14,16-17,21H,5-7,10-11H2,1-4H3/i4D3,10D2,11D2,14D,16D,17D;2*10D2,11D2,14D,16D,17D. The van der Waals surface area contributed by atoms with E-state index in [4.69, 9.17) is 57.2 Å². The number of nitrogens with zero attached hydrogens (tertiary/aromatic N) is 3. The molecule has 0 radical (unpaired) electrons. The van der Waals surface area contributed by atoms with Crippen LogP contribution in [0.3, 0.4) is 0 Å². The van der Waals surface area contributed by atoms with E-state index in [2.05, 4.69) is 0 Å². The van der Waals surface area contributed by atoms with E-state index in [9.17, 15) is 19.4 Å². The van der Waals surface area contributed by atoms with Crippen molar-refractivity contribution < 1.29 is 76.6 Å². The molecule has 12 nitrogen and oxygen atoms in total. The van der Waals surface area contributed by atoms with Crippen LogP contribution in [-0.4, -0.2) is 130 Å². The van der Waals surface area contributed by atoms with Gasteiger partial charge in [0.2, 0.25) is 0 Å². The number of fused-ring (bicyclic) bond motifs is 9. The van der Waals surface area contributed by atoms with E-state index in [0.717, 1.165) is 20.8 Å². The van der Waals surface area contributed by atoms with Crippen LogP contribution in [0.1, 0.15) is 164 Å². The molecule has 0 amide bonds. The molecule has 69 heavy (non-hydrogen) atoms. The maximum atomic E-state index is 11.2. The first-order valence-electron chi connectivity index (χ1n) is 35.5. The van der Waals surface area contributed by atoms with E-state index in [1.165, 1.54) is 53.7 Å². The summed E-state index contributed by atoms with van der Waals surface area (Å²) in [7, 11) is 4.12. The molecule has 0 aliphatic carbocycles. The van der Waals surface area contributed by atoms with E-state index in [1.54, 1.807) is 53.7 Å². The minimum absolute atomic E-state index is 0.0390. The Balaban J connectivity index is 0.000000198. The van der Waals surface area contributed by atoms with E-state index < -0.39 is 99.6 Å². The summed E-state index contributed by atoms with van der Waals surface area (Å²) >= 11 is 0. The van der Waals surface area contributed by atoms with Gasteiger partial charge in [-0.25, -0.2) is 0 Å². The Hall–Kier alpha value is -3.78. The van der Waals surface area contributed by atoms with E-state index in [1.807, 2.05) is 0 Å². The predicted molar refractivity (Wildman–Crippen MR) is 273 cm³/mol. The van der Waals surface area contributed by atoms with Gasteiger partial charge in [-0.05, 0) is 163 Å². The lowest BCUT2D eigenvalue weighted by Gasteiger charge is -2.46. The summed E-state index contributed by atoms with van der Waals surface area (Å²) in [5.74, 6) is -7.56. The molecule has 3 fully saturated rings. The number of hydrogen-bond acceptors (Lipinski definition) is 12. The van der Waals surface area contributed by atoms with Crippen LogP contribution in [0.4, 0.5) is 0 Å². The number of ether oxygens (including phenoxy) is 6. The largest absolute Gasteiger partial charge is 0.493 e. The molecule has 6 aliphatic rings. The minimum Gasteiger partial charge on any atom is -0.493 e. The zero-order valence-electron chi connectivity index (χ0n) is 65.7. The summed E-state index contributed by atoms with van der Waals surface area (Å²) in [5, 5.41) is 33.4. The Kier molecular flexibility index (Phi) is 10.2. The van der Waals surface area contributed by atoms with Gasteiger partial charge >= 0.3 is 0 Å².